The van der Waals surface area contributed by atoms with Crippen molar-refractivity contribution in [3.05, 3.63) is 21.8 Å². The van der Waals surface area contributed by atoms with Gasteiger partial charge in [-0.05, 0) is 35.3 Å². The quantitative estimate of drug-likeness (QED) is 0.852. The molecule has 0 aliphatic carbocycles. The third-order valence-corrected chi connectivity index (χ3v) is 2.67. The molecule has 0 saturated heterocycles. The number of pyridine rings is 1. The smallest absolute Gasteiger partial charge is 0.140 e. The van der Waals surface area contributed by atoms with E-state index in [1.54, 1.807) is 12.3 Å². The fourth-order valence-electron chi connectivity index (χ4n) is 0.934. The van der Waals surface area contributed by atoms with Crippen LogP contribution in [0.2, 0.25) is 5.02 Å². The van der Waals surface area contributed by atoms with Crippen molar-refractivity contribution in [2.24, 2.45) is 0 Å². The Hall–Kier alpha value is 0.01000. The maximum Gasteiger partial charge on any atom is 0.140 e. The normalized spacial score (nSPS) is 12.6. The van der Waals surface area contributed by atoms with Crippen LogP contribution in [-0.4, -0.2) is 16.9 Å². The number of halogens is 3. The van der Waals surface area contributed by atoms with Gasteiger partial charge in [0.15, 0.2) is 0 Å². The molecule has 1 heterocycles. The van der Waals surface area contributed by atoms with E-state index in [-0.39, 0.29) is 5.38 Å². The molecule has 0 fully saturated rings. The third kappa shape index (κ3) is 4.03. The van der Waals surface area contributed by atoms with Crippen LogP contribution in [-0.2, 0) is 0 Å². The van der Waals surface area contributed by atoms with Crippen molar-refractivity contribution in [1.29, 1.82) is 0 Å². The van der Waals surface area contributed by atoms with Crippen molar-refractivity contribution in [2.45, 2.75) is 18.7 Å². The van der Waals surface area contributed by atoms with Crippen LogP contribution in [0, 0.1) is 0 Å². The molecule has 0 aromatic carbocycles. The fraction of sp³-hybridized carbons (Fsp3) is 0.444. The van der Waals surface area contributed by atoms with E-state index in [1.807, 2.05) is 6.92 Å². The van der Waals surface area contributed by atoms with Crippen LogP contribution >= 0.6 is 39.1 Å². The maximum atomic E-state index is 5.82. The van der Waals surface area contributed by atoms with E-state index in [1.165, 1.54) is 0 Å². The molecule has 0 radical (unpaired) electrons. The molecule has 0 aliphatic rings. The highest BCUT2D eigenvalue weighted by Gasteiger charge is 2.02. The van der Waals surface area contributed by atoms with Gasteiger partial charge in [-0.25, -0.2) is 4.98 Å². The lowest BCUT2D eigenvalue weighted by Gasteiger charge is -2.08. The molecular weight excluding hydrogens is 287 g/mol. The van der Waals surface area contributed by atoms with Gasteiger partial charge in [0.05, 0.1) is 9.50 Å². The molecule has 0 saturated carbocycles. The minimum absolute atomic E-state index is 0.175. The molecule has 0 amide bonds. The van der Waals surface area contributed by atoms with Gasteiger partial charge in [0, 0.05) is 18.1 Å². The summed E-state index contributed by atoms with van der Waals surface area (Å²) >= 11 is 14.9. The molecule has 1 N–H and O–H groups in total. The van der Waals surface area contributed by atoms with Gasteiger partial charge in [0.1, 0.15) is 5.82 Å². The zero-order valence-corrected chi connectivity index (χ0v) is 10.8. The second-order valence-electron chi connectivity index (χ2n) is 2.98. The van der Waals surface area contributed by atoms with Crippen LogP contribution in [0.1, 0.15) is 13.3 Å². The molecule has 78 valence electrons. The van der Waals surface area contributed by atoms with E-state index < -0.39 is 0 Å². The van der Waals surface area contributed by atoms with Crippen molar-refractivity contribution >= 4 is 44.9 Å². The Morgan fingerprint density at radius 3 is 2.93 bits per heavy atom. The summed E-state index contributed by atoms with van der Waals surface area (Å²) in [5, 5.41) is 3.96. The van der Waals surface area contributed by atoms with Crippen LogP contribution in [0.4, 0.5) is 5.82 Å². The molecule has 2 nitrogen and oxygen atoms in total. The number of hydrogen-bond donors (Lipinski definition) is 1. The minimum atomic E-state index is 0.175. The topological polar surface area (TPSA) is 24.9 Å². The summed E-state index contributed by atoms with van der Waals surface area (Å²) in [7, 11) is 0. The molecule has 0 bridgehead atoms. The molecule has 1 rings (SSSR count). The largest absolute Gasteiger partial charge is 0.369 e. The standard InChI is InChI=1S/C9H11BrCl2N2/c1-6(11)2-3-13-9-8(10)4-7(12)5-14-9/h4-6H,2-3H2,1H3,(H,13,14). The van der Waals surface area contributed by atoms with E-state index in [9.17, 15) is 0 Å². The molecule has 1 atom stereocenters. The van der Waals surface area contributed by atoms with Crippen molar-refractivity contribution in [3.8, 4) is 0 Å². The van der Waals surface area contributed by atoms with Gasteiger partial charge in [-0.2, -0.15) is 0 Å². The Balaban J connectivity index is 2.51. The van der Waals surface area contributed by atoms with E-state index >= 15 is 0 Å². The molecular formula is C9H11BrCl2N2. The SMILES string of the molecule is CC(Cl)CCNc1ncc(Cl)cc1Br. The molecule has 1 aromatic heterocycles. The van der Waals surface area contributed by atoms with Crippen molar-refractivity contribution in [1.82, 2.24) is 4.98 Å². The van der Waals surface area contributed by atoms with Crippen LogP contribution in [0.25, 0.3) is 0 Å². The number of alkyl halides is 1. The average molecular weight is 298 g/mol. The Morgan fingerprint density at radius 2 is 2.36 bits per heavy atom. The van der Waals surface area contributed by atoms with Crippen molar-refractivity contribution < 1.29 is 0 Å². The lowest BCUT2D eigenvalue weighted by molar-refractivity contribution is 0.839. The number of hydrogen-bond acceptors (Lipinski definition) is 2. The van der Waals surface area contributed by atoms with E-state index in [0.29, 0.717) is 5.02 Å². The number of nitrogens with one attached hydrogen (secondary N) is 1. The average Bonchev–Trinajstić information content (AvgIpc) is 2.08. The molecule has 5 heteroatoms. The van der Waals surface area contributed by atoms with Gasteiger partial charge >= 0.3 is 0 Å². The summed E-state index contributed by atoms with van der Waals surface area (Å²) in [6.07, 6.45) is 2.51. The summed E-state index contributed by atoms with van der Waals surface area (Å²) in [5.74, 6) is 0.798. The summed E-state index contributed by atoms with van der Waals surface area (Å²) in [5.41, 5.74) is 0. The summed E-state index contributed by atoms with van der Waals surface area (Å²) in [6.45, 7) is 2.77. The lowest BCUT2D eigenvalue weighted by atomic mass is 10.3. The van der Waals surface area contributed by atoms with Crippen molar-refractivity contribution in [3.63, 3.8) is 0 Å². The predicted molar refractivity (Wildman–Crippen MR) is 65.4 cm³/mol. The third-order valence-electron chi connectivity index (χ3n) is 1.64. The highest BCUT2D eigenvalue weighted by molar-refractivity contribution is 9.10. The maximum absolute atomic E-state index is 5.82. The summed E-state index contributed by atoms with van der Waals surface area (Å²) < 4.78 is 0.868. The zero-order chi connectivity index (χ0) is 10.6. The van der Waals surface area contributed by atoms with E-state index in [4.69, 9.17) is 23.2 Å². The Bertz CT molecular complexity index is 305. The van der Waals surface area contributed by atoms with Gasteiger partial charge in [-0.15, -0.1) is 11.6 Å². The molecule has 0 spiro atoms. The van der Waals surface area contributed by atoms with Crippen LogP contribution in [0.15, 0.2) is 16.7 Å². The molecule has 14 heavy (non-hydrogen) atoms. The number of nitrogens with zero attached hydrogens (tertiary/aromatic N) is 1. The number of rotatable bonds is 4. The summed E-state index contributed by atoms with van der Waals surface area (Å²) in [4.78, 5) is 4.14. The second kappa shape index (κ2) is 5.79. The molecule has 1 aromatic rings. The highest BCUT2D eigenvalue weighted by atomic mass is 79.9. The second-order valence-corrected chi connectivity index (χ2v) is 5.02. The minimum Gasteiger partial charge on any atom is -0.369 e. The Labute approximate surface area is 102 Å². The van der Waals surface area contributed by atoms with Gasteiger partial charge in [0.2, 0.25) is 0 Å². The Kier molecular flexibility index (Phi) is 4.99. The first-order valence-corrected chi connectivity index (χ1v) is 5.89. The molecule has 0 aliphatic heterocycles. The van der Waals surface area contributed by atoms with Gasteiger partial charge < -0.3 is 5.32 Å². The lowest BCUT2D eigenvalue weighted by Crippen LogP contribution is -2.07. The first-order chi connectivity index (χ1) is 6.59. The van der Waals surface area contributed by atoms with Gasteiger partial charge in [0.25, 0.3) is 0 Å². The van der Waals surface area contributed by atoms with Crippen molar-refractivity contribution in [2.75, 3.05) is 11.9 Å². The zero-order valence-electron chi connectivity index (χ0n) is 7.73. The fourth-order valence-corrected chi connectivity index (χ4v) is 1.82. The van der Waals surface area contributed by atoms with Gasteiger partial charge in [-0.3, -0.25) is 0 Å². The summed E-state index contributed by atoms with van der Waals surface area (Å²) in [6, 6.07) is 1.81. The van der Waals surface area contributed by atoms with Crippen LogP contribution in [0.3, 0.4) is 0 Å². The monoisotopic (exact) mass is 296 g/mol. The number of aromatic nitrogens is 1. The van der Waals surface area contributed by atoms with Crippen LogP contribution in [0.5, 0.6) is 0 Å². The first-order valence-electron chi connectivity index (χ1n) is 4.28. The van der Waals surface area contributed by atoms with E-state index in [2.05, 4.69) is 26.2 Å². The first kappa shape index (κ1) is 12.1. The predicted octanol–water partition coefficient (Wildman–Crippen LogP) is 3.93. The highest BCUT2D eigenvalue weighted by Crippen LogP contribution is 2.23. The molecule has 1 unspecified atom stereocenters. The van der Waals surface area contributed by atoms with Crippen LogP contribution < -0.4 is 5.32 Å². The Morgan fingerprint density at radius 1 is 1.64 bits per heavy atom. The number of anilines is 1. The van der Waals surface area contributed by atoms with Gasteiger partial charge in [-0.1, -0.05) is 11.6 Å². The van der Waals surface area contributed by atoms with E-state index in [0.717, 1.165) is 23.3 Å².